The number of rotatable bonds is 1. The zero-order valence-electron chi connectivity index (χ0n) is 20.2. The van der Waals surface area contributed by atoms with Crippen LogP contribution in [0.2, 0.25) is 0 Å². The van der Waals surface area contributed by atoms with Gasteiger partial charge in [0.25, 0.3) is 0 Å². The van der Waals surface area contributed by atoms with Crippen molar-refractivity contribution >= 4 is 34.2 Å². The normalized spacial score (nSPS) is 23.4. The third-order valence-electron chi connectivity index (χ3n) is 6.93. The van der Waals surface area contributed by atoms with Gasteiger partial charge in [0.05, 0.1) is 41.1 Å². The fraction of sp³-hybridized carbons (Fsp3) is 0.440. The SMILES string of the molecule is C[C@H]1CC[C@@H]2c3cccc(c3)OCC(N(C)C)CNc3ncc(c4[nH]ncc34)NC(=O)C(=O)N2C1. The number of nitrogens with zero attached hydrogens (tertiary/aromatic N) is 4. The lowest BCUT2D eigenvalue weighted by Gasteiger charge is -2.38. The van der Waals surface area contributed by atoms with E-state index in [0.717, 1.165) is 29.5 Å². The number of amides is 2. The zero-order valence-corrected chi connectivity index (χ0v) is 20.2. The Bertz CT molecular complexity index is 1240. The number of carbonyl (C=O) groups excluding carboxylic acids is 2. The van der Waals surface area contributed by atoms with Crippen molar-refractivity contribution in [2.24, 2.45) is 5.92 Å². The fourth-order valence-corrected chi connectivity index (χ4v) is 4.81. The Morgan fingerprint density at radius 2 is 2.03 bits per heavy atom. The van der Waals surface area contributed by atoms with Crippen LogP contribution < -0.4 is 15.4 Å². The highest BCUT2D eigenvalue weighted by Gasteiger charge is 2.34. The van der Waals surface area contributed by atoms with Gasteiger partial charge in [0.2, 0.25) is 0 Å². The molecule has 3 N–H and O–H groups in total. The van der Waals surface area contributed by atoms with E-state index in [4.69, 9.17) is 4.74 Å². The van der Waals surface area contributed by atoms with E-state index in [9.17, 15) is 9.59 Å². The van der Waals surface area contributed by atoms with Crippen molar-refractivity contribution in [3.63, 3.8) is 0 Å². The summed E-state index contributed by atoms with van der Waals surface area (Å²) in [5, 5.41) is 13.9. The Hall–Kier alpha value is -3.66. The van der Waals surface area contributed by atoms with E-state index in [2.05, 4.69) is 37.6 Å². The highest BCUT2D eigenvalue weighted by atomic mass is 16.5. The second-order valence-electron chi connectivity index (χ2n) is 9.67. The molecule has 1 aromatic carbocycles. The summed E-state index contributed by atoms with van der Waals surface area (Å²) < 4.78 is 6.19. The summed E-state index contributed by atoms with van der Waals surface area (Å²) in [6.45, 7) is 3.69. The van der Waals surface area contributed by atoms with Gasteiger partial charge in [-0.1, -0.05) is 19.1 Å². The van der Waals surface area contributed by atoms with Crippen LogP contribution >= 0.6 is 0 Å². The van der Waals surface area contributed by atoms with Gasteiger partial charge in [0, 0.05) is 13.1 Å². The Labute approximate surface area is 204 Å². The van der Waals surface area contributed by atoms with Gasteiger partial charge in [-0.3, -0.25) is 14.7 Å². The van der Waals surface area contributed by atoms with Crippen LogP contribution in [0.3, 0.4) is 0 Å². The number of likely N-dealkylation sites (N-methyl/N-ethyl adjacent to an activating group) is 1. The molecule has 3 aliphatic rings. The summed E-state index contributed by atoms with van der Waals surface area (Å²) in [4.78, 5) is 34.8. The van der Waals surface area contributed by atoms with E-state index < -0.39 is 11.8 Å². The number of ether oxygens (including phenoxy) is 1. The maximum absolute atomic E-state index is 13.4. The lowest BCUT2D eigenvalue weighted by molar-refractivity contribution is -0.146. The van der Waals surface area contributed by atoms with Gasteiger partial charge >= 0.3 is 11.8 Å². The molecular formula is C25H31N7O3. The summed E-state index contributed by atoms with van der Waals surface area (Å²) in [5.41, 5.74) is 2.00. The minimum Gasteiger partial charge on any atom is -0.492 e. The first-order valence-electron chi connectivity index (χ1n) is 12.0. The molecule has 10 nitrogen and oxygen atoms in total. The number of carbonyl (C=O) groups is 2. The fourth-order valence-electron chi connectivity index (χ4n) is 4.81. The number of H-pyrrole nitrogens is 1. The number of aromatic amines is 1. The minimum absolute atomic E-state index is 0.0751. The highest BCUT2D eigenvalue weighted by molar-refractivity contribution is 6.40. The summed E-state index contributed by atoms with van der Waals surface area (Å²) in [5.74, 6) is 0.449. The topological polar surface area (TPSA) is 115 Å². The molecule has 1 unspecified atom stereocenters. The maximum atomic E-state index is 13.4. The van der Waals surface area contributed by atoms with Crippen LogP contribution in [-0.4, -0.2) is 76.6 Å². The second kappa shape index (κ2) is 9.53. The highest BCUT2D eigenvalue weighted by Crippen LogP contribution is 2.35. The van der Waals surface area contributed by atoms with Gasteiger partial charge in [-0.2, -0.15) is 5.10 Å². The third-order valence-corrected chi connectivity index (χ3v) is 6.93. The Balaban J connectivity index is 1.55. The van der Waals surface area contributed by atoms with Gasteiger partial charge in [0.15, 0.2) is 0 Å². The predicted octanol–water partition coefficient (Wildman–Crippen LogP) is 2.63. The number of anilines is 2. The molecule has 1 saturated heterocycles. The second-order valence-corrected chi connectivity index (χ2v) is 9.67. The van der Waals surface area contributed by atoms with Crippen molar-refractivity contribution in [3.8, 4) is 5.75 Å². The molecule has 1 fully saturated rings. The van der Waals surface area contributed by atoms with E-state index >= 15 is 0 Å². The standard InChI is InChI=1S/C25H31N7O3/c1-15-7-8-21-16-5-4-6-18(9-16)35-14-17(31(2)3)10-26-23-19-11-28-30-22(19)20(12-27-23)29-24(33)25(34)32(21)13-15/h4-6,9,11-12,15,17,21H,7-8,10,13-14H2,1-3H3,(H,26,27)(H,28,30)(H,29,33)/t15-,17?,21+/m0/s1. The number of hydrogen-bond donors (Lipinski definition) is 3. The van der Waals surface area contributed by atoms with Crippen molar-refractivity contribution in [1.82, 2.24) is 25.0 Å². The number of hydrogen-bond acceptors (Lipinski definition) is 7. The van der Waals surface area contributed by atoms with E-state index in [1.807, 2.05) is 38.4 Å². The van der Waals surface area contributed by atoms with Crippen LogP contribution in [0.1, 0.15) is 31.4 Å². The number of benzene rings is 1. The molecule has 2 aromatic heterocycles. The summed E-state index contributed by atoms with van der Waals surface area (Å²) >= 11 is 0. The molecule has 10 heteroatoms. The molecule has 35 heavy (non-hydrogen) atoms. The van der Waals surface area contributed by atoms with Crippen LogP contribution in [0.25, 0.3) is 10.9 Å². The number of nitrogens with one attached hydrogen (secondary N) is 3. The first-order valence-corrected chi connectivity index (χ1v) is 12.0. The largest absolute Gasteiger partial charge is 0.492 e. The van der Waals surface area contributed by atoms with Gasteiger partial charge in [0.1, 0.15) is 18.2 Å². The molecule has 4 bridgehead atoms. The third kappa shape index (κ3) is 4.66. The van der Waals surface area contributed by atoms with E-state index in [1.165, 1.54) is 0 Å². The van der Waals surface area contributed by atoms with Crippen LogP contribution in [0.5, 0.6) is 5.75 Å². The van der Waals surface area contributed by atoms with Crippen molar-refractivity contribution in [2.75, 3.05) is 44.4 Å². The first-order chi connectivity index (χ1) is 16.9. The Morgan fingerprint density at radius 1 is 1.17 bits per heavy atom. The van der Waals surface area contributed by atoms with Gasteiger partial charge in [-0.25, -0.2) is 4.98 Å². The summed E-state index contributed by atoms with van der Waals surface area (Å²) in [7, 11) is 4.03. The molecule has 0 radical (unpaired) electrons. The van der Waals surface area contributed by atoms with Crippen LogP contribution in [-0.2, 0) is 9.59 Å². The zero-order chi connectivity index (χ0) is 24.5. The number of aromatic nitrogens is 3. The first kappa shape index (κ1) is 23.1. The summed E-state index contributed by atoms with van der Waals surface area (Å²) in [6, 6.07) is 7.75. The molecule has 184 valence electrons. The van der Waals surface area contributed by atoms with Crippen molar-refractivity contribution in [1.29, 1.82) is 0 Å². The van der Waals surface area contributed by atoms with E-state index in [0.29, 0.717) is 42.6 Å². The van der Waals surface area contributed by atoms with Crippen LogP contribution in [0, 0.1) is 5.92 Å². The van der Waals surface area contributed by atoms with Crippen molar-refractivity contribution in [3.05, 3.63) is 42.2 Å². The lowest BCUT2D eigenvalue weighted by Crippen LogP contribution is -2.46. The molecule has 6 rings (SSSR count). The smallest absolute Gasteiger partial charge is 0.314 e. The van der Waals surface area contributed by atoms with Crippen molar-refractivity contribution < 1.29 is 14.3 Å². The summed E-state index contributed by atoms with van der Waals surface area (Å²) in [6.07, 6.45) is 4.97. The average Bonchev–Trinajstić information content (AvgIpc) is 3.34. The average molecular weight is 478 g/mol. The lowest BCUT2D eigenvalue weighted by atomic mass is 9.89. The van der Waals surface area contributed by atoms with Gasteiger partial charge in [-0.05, 0) is 50.6 Å². The van der Waals surface area contributed by atoms with Gasteiger partial charge in [-0.15, -0.1) is 0 Å². The molecule has 3 aliphatic heterocycles. The molecular weight excluding hydrogens is 446 g/mol. The number of pyridine rings is 1. The van der Waals surface area contributed by atoms with E-state index in [1.54, 1.807) is 17.3 Å². The van der Waals surface area contributed by atoms with Crippen molar-refractivity contribution in [2.45, 2.75) is 31.8 Å². The molecule has 0 aliphatic carbocycles. The van der Waals surface area contributed by atoms with Crippen LogP contribution in [0.4, 0.5) is 11.5 Å². The molecule has 3 aromatic rings. The van der Waals surface area contributed by atoms with Gasteiger partial charge < -0.3 is 25.2 Å². The number of fused-ring (bicyclic) bond motifs is 7. The Morgan fingerprint density at radius 3 is 2.86 bits per heavy atom. The molecule has 2 amide bonds. The monoisotopic (exact) mass is 477 g/mol. The predicted molar refractivity (Wildman–Crippen MR) is 133 cm³/mol. The molecule has 3 atom stereocenters. The molecule has 0 saturated carbocycles. The minimum atomic E-state index is -0.688. The molecule has 5 heterocycles. The Kier molecular flexibility index (Phi) is 6.29. The van der Waals surface area contributed by atoms with E-state index in [-0.39, 0.29) is 12.1 Å². The quantitative estimate of drug-likeness (QED) is 0.462. The van der Waals surface area contributed by atoms with Crippen LogP contribution in [0.15, 0.2) is 36.7 Å². The maximum Gasteiger partial charge on any atom is 0.314 e. The molecule has 0 spiro atoms. The number of piperidine rings is 1.